The highest BCUT2D eigenvalue weighted by Crippen LogP contribution is 2.12. The van der Waals surface area contributed by atoms with Gasteiger partial charge in [0.1, 0.15) is 11.4 Å². The van der Waals surface area contributed by atoms with Crippen molar-refractivity contribution in [2.24, 2.45) is 0 Å². The summed E-state index contributed by atoms with van der Waals surface area (Å²) >= 11 is 0. The molecule has 0 spiro atoms. The number of anilines is 1. The zero-order valence-corrected chi connectivity index (χ0v) is 13.7. The maximum atomic E-state index is 11.6. The Morgan fingerprint density at radius 3 is 2.71 bits per heavy atom. The molecule has 0 saturated heterocycles. The predicted molar refractivity (Wildman–Crippen MR) is 85.2 cm³/mol. The van der Waals surface area contributed by atoms with E-state index in [2.05, 4.69) is 16.4 Å². The molecule has 21 heavy (non-hydrogen) atoms. The molecule has 0 aliphatic carbocycles. The summed E-state index contributed by atoms with van der Waals surface area (Å²) in [4.78, 5) is 15.8. The monoisotopic (exact) mass is 293 g/mol. The molecule has 5 heteroatoms. The molecule has 0 saturated carbocycles. The number of rotatable bonds is 5. The van der Waals surface area contributed by atoms with Crippen LogP contribution in [0.5, 0.6) is 0 Å². The molecule has 1 atom stereocenters. The first-order chi connectivity index (χ1) is 9.67. The fraction of sp³-hybridized carbons (Fsp3) is 0.625. The van der Waals surface area contributed by atoms with Gasteiger partial charge in [0.2, 0.25) is 0 Å². The number of carbonyl (C=O) groups is 1. The first-order valence-corrected chi connectivity index (χ1v) is 7.38. The summed E-state index contributed by atoms with van der Waals surface area (Å²) in [7, 11) is 0. The Hall–Kier alpha value is -1.78. The van der Waals surface area contributed by atoms with Gasteiger partial charge in [0.05, 0.1) is 0 Å². The Morgan fingerprint density at radius 1 is 1.48 bits per heavy atom. The molecule has 0 fully saturated rings. The van der Waals surface area contributed by atoms with Gasteiger partial charge in [0.15, 0.2) is 0 Å². The van der Waals surface area contributed by atoms with Crippen LogP contribution >= 0.6 is 0 Å². The molecule has 1 aromatic rings. The largest absolute Gasteiger partial charge is 0.444 e. The van der Waals surface area contributed by atoms with E-state index in [0.29, 0.717) is 5.82 Å². The summed E-state index contributed by atoms with van der Waals surface area (Å²) in [6, 6.07) is 2.15. The number of hydrogen-bond donors (Lipinski definition) is 2. The van der Waals surface area contributed by atoms with E-state index in [1.54, 1.807) is 0 Å². The van der Waals surface area contributed by atoms with Crippen molar-refractivity contribution < 1.29 is 9.53 Å². The number of ether oxygens (including phenoxy) is 1. The minimum Gasteiger partial charge on any atom is -0.444 e. The van der Waals surface area contributed by atoms with Crippen molar-refractivity contribution in [1.29, 1.82) is 0 Å². The second-order valence-electron chi connectivity index (χ2n) is 6.49. The number of pyridine rings is 1. The highest BCUT2D eigenvalue weighted by molar-refractivity contribution is 5.67. The number of aromatic nitrogens is 1. The second-order valence-corrected chi connectivity index (χ2v) is 6.49. The SMILES string of the molecule is Cc1cc(CCC[C@H](C)NC(=O)OC(C)(C)C)cnc1N. The van der Waals surface area contributed by atoms with Gasteiger partial charge in [-0.05, 0) is 65.0 Å². The zero-order chi connectivity index (χ0) is 16.0. The van der Waals surface area contributed by atoms with Crippen LogP contribution in [-0.2, 0) is 11.2 Å². The summed E-state index contributed by atoms with van der Waals surface area (Å²) in [5, 5.41) is 2.85. The Labute approximate surface area is 127 Å². The van der Waals surface area contributed by atoms with Crippen LogP contribution in [0.1, 0.15) is 51.7 Å². The van der Waals surface area contributed by atoms with Crippen molar-refractivity contribution in [3.05, 3.63) is 23.4 Å². The Kier molecular flexibility index (Phi) is 6.00. The van der Waals surface area contributed by atoms with Gasteiger partial charge in [-0.15, -0.1) is 0 Å². The van der Waals surface area contributed by atoms with Gasteiger partial charge in [0.25, 0.3) is 0 Å². The molecule has 0 aromatic carbocycles. The molecule has 1 amide bonds. The topological polar surface area (TPSA) is 77.2 Å². The van der Waals surface area contributed by atoms with E-state index in [4.69, 9.17) is 10.5 Å². The maximum absolute atomic E-state index is 11.6. The molecule has 1 aromatic heterocycles. The minimum atomic E-state index is -0.461. The average Bonchev–Trinajstić information content (AvgIpc) is 2.31. The molecule has 0 unspecified atom stereocenters. The van der Waals surface area contributed by atoms with E-state index < -0.39 is 5.60 Å². The van der Waals surface area contributed by atoms with Gasteiger partial charge in [0, 0.05) is 12.2 Å². The average molecular weight is 293 g/mol. The van der Waals surface area contributed by atoms with E-state index >= 15 is 0 Å². The van der Waals surface area contributed by atoms with Gasteiger partial charge in [-0.25, -0.2) is 9.78 Å². The Balaban J connectivity index is 2.31. The van der Waals surface area contributed by atoms with E-state index in [9.17, 15) is 4.79 Å². The zero-order valence-electron chi connectivity index (χ0n) is 13.7. The van der Waals surface area contributed by atoms with Gasteiger partial charge in [-0.1, -0.05) is 6.07 Å². The van der Waals surface area contributed by atoms with Crippen LogP contribution in [0.4, 0.5) is 10.6 Å². The number of nitrogen functional groups attached to an aromatic ring is 1. The number of hydrogen-bond acceptors (Lipinski definition) is 4. The number of alkyl carbamates (subject to hydrolysis) is 1. The summed E-state index contributed by atoms with van der Waals surface area (Å²) in [6.45, 7) is 9.50. The molecule has 5 nitrogen and oxygen atoms in total. The number of carbonyl (C=O) groups excluding carboxylic acids is 1. The fourth-order valence-electron chi connectivity index (χ4n) is 1.97. The van der Waals surface area contributed by atoms with E-state index in [-0.39, 0.29) is 12.1 Å². The maximum Gasteiger partial charge on any atom is 0.407 e. The molecular weight excluding hydrogens is 266 g/mol. The number of nitrogens with one attached hydrogen (secondary N) is 1. The minimum absolute atomic E-state index is 0.0858. The smallest absolute Gasteiger partial charge is 0.407 e. The van der Waals surface area contributed by atoms with Crippen molar-refractivity contribution in [2.75, 3.05) is 5.73 Å². The standard InChI is InChI=1S/C16H27N3O2/c1-11-9-13(10-18-14(11)17)8-6-7-12(2)19-15(20)21-16(3,4)5/h9-10,12H,6-8H2,1-5H3,(H2,17,18)(H,19,20)/t12-/m0/s1. The third kappa shape index (κ3) is 6.97. The van der Waals surface area contributed by atoms with Crippen molar-refractivity contribution in [1.82, 2.24) is 10.3 Å². The molecule has 0 radical (unpaired) electrons. The summed E-state index contributed by atoms with van der Waals surface area (Å²) in [6.07, 6.45) is 4.24. The number of nitrogens with zero attached hydrogens (tertiary/aromatic N) is 1. The van der Waals surface area contributed by atoms with Crippen molar-refractivity contribution in [3.63, 3.8) is 0 Å². The molecule has 3 N–H and O–H groups in total. The Bertz CT molecular complexity index is 481. The van der Waals surface area contributed by atoms with Crippen LogP contribution in [0, 0.1) is 6.92 Å². The van der Waals surface area contributed by atoms with Crippen molar-refractivity contribution in [2.45, 2.75) is 65.5 Å². The lowest BCUT2D eigenvalue weighted by Gasteiger charge is -2.22. The van der Waals surface area contributed by atoms with Crippen LogP contribution in [0.15, 0.2) is 12.3 Å². The third-order valence-corrected chi connectivity index (χ3v) is 3.04. The quantitative estimate of drug-likeness (QED) is 0.874. The van der Waals surface area contributed by atoms with Crippen LogP contribution < -0.4 is 11.1 Å². The van der Waals surface area contributed by atoms with Crippen molar-refractivity contribution in [3.8, 4) is 0 Å². The second kappa shape index (κ2) is 7.29. The Morgan fingerprint density at radius 2 is 2.14 bits per heavy atom. The van der Waals surface area contributed by atoms with Crippen LogP contribution in [0.2, 0.25) is 0 Å². The first-order valence-electron chi connectivity index (χ1n) is 7.38. The normalized spacial score (nSPS) is 12.8. The molecule has 118 valence electrons. The highest BCUT2D eigenvalue weighted by Gasteiger charge is 2.17. The lowest BCUT2D eigenvalue weighted by molar-refractivity contribution is 0.0506. The summed E-state index contributed by atoms with van der Waals surface area (Å²) in [5.41, 5.74) is 7.42. The van der Waals surface area contributed by atoms with Gasteiger partial charge < -0.3 is 15.8 Å². The van der Waals surface area contributed by atoms with Crippen molar-refractivity contribution >= 4 is 11.9 Å². The number of nitrogens with two attached hydrogens (primary N) is 1. The highest BCUT2D eigenvalue weighted by atomic mass is 16.6. The number of amides is 1. The molecular formula is C16H27N3O2. The lowest BCUT2D eigenvalue weighted by Crippen LogP contribution is -2.37. The third-order valence-electron chi connectivity index (χ3n) is 3.04. The first kappa shape index (κ1) is 17.3. The van der Waals surface area contributed by atoms with Gasteiger partial charge in [-0.2, -0.15) is 0 Å². The van der Waals surface area contributed by atoms with Crippen LogP contribution in [0.3, 0.4) is 0 Å². The van der Waals surface area contributed by atoms with Gasteiger partial charge in [-0.3, -0.25) is 0 Å². The van der Waals surface area contributed by atoms with Gasteiger partial charge >= 0.3 is 6.09 Å². The molecule has 0 aliphatic heterocycles. The van der Waals surface area contributed by atoms with E-state index in [1.165, 1.54) is 5.56 Å². The summed E-state index contributed by atoms with van der Waals surface area (Å²) in [5.74, 6) is 0.582. The molecule has 0 bridgehead atoms. The molecule has 0 aliphatic rings. The van der Waals surface area contributed by atoms with Crippen LogP contribution in [0.25, 0.3) is 0 Å². The molecule has 1 rings (SSSR count). The lowest BCUT2D eigenvalue weighted by atomic mass is 10.1. The number of aryl methyl sites for hydroxylation is 2. The summed E-state index contributed by atoms with van der Waals surface area (Å²) < 4.78 is 5.23. The van der Waals surface area contributed by atoms with E-state index in [1.807, 2.05) is 40.8 Å². The van der Waals surface area contributed by atoms with Crippen LogP contribution in [-0.4, -0.2) is 22.7 Å². The molecule has 1 heterocycles. The fourth-order valence-corrected chi connectivity index (χ4v) is 1.97. The van der Waals surface area contributed by atoms with E-state index in [0.717, 1.165) is 24.8 Å². The predicted octanol–water partition coefficient (Wildman–Crippen LogP) is 3.21.